The molecule has 0 fully saturated rings. The lowest BCUT2D eigenvalue weighted by Gasteiger charge is -2.06. The molecule has 0 atom stereocenters. The first-order valence-corrected chi connectivity index (χ1v) is 9.64. The predicted octanol–water partition coefficient (Wildman–Crippen LogP) is 4.67. The van der Waals surface area contributed by atoms with Crippen LogP contribution in [-0.2, 0) is 11.2 Å². The second-order valence-corrected chi connectivity index (χ2v) is 7.34. The fraction of sp³-hybridized carbons (Fsp3) is 0.400. The van der Waals surface area contributed by atoms with Gasteiger partial charge in [0.2, 0.25) is 5.91 Å². The summed E-state index contributed by atoms with van der Waals surface area (Å²) in [6, 6.07) is 10.0. The minimum absolute atomic E-state index is 0.0517. The first-order chi connectivity index (χ1) is 12.2. The van der Waals surface area contributed by atoms with Crippen LogP contribution in [0.4, 0.5) is 5.00 Å². The topological polar surface area (TPSA) is 50.7 Å². The van der Waals surface area contributed by atoms with E-state index in [1.165, 1.54) is 30.6 Å². The smallest absolute Gasteiger partial charge is 0.246 e. The molecule has 0 bridgehead atoms. The van der Waals surface area contributed by atoms with Gasteiger partial charge in [-0.05, 0) is 43.2 Å². The Morgan fingerprint density at radius 2 is 2.00 bits per heavy atom. The second kappa shape index (κ2) is 8.30. The third kappa shape index (κ3) is 4.28. The number of carbonyl (C=O) groups excluding carboxylic acids is 1. The molecule has 1 amide bonds. The summed E-state index contributed by atoms with van der Waals surface area (Å²) in [5.41, 5.74) is 2.92. The van der Waals surface area contributed by atoms with E-state index in [2.05, 4.69) is 23.3 Å². The molecule has 25 heavy (non-hydrogen) atoms. The zero-order chi connectivity index (χ0) is 17.6. The van der Waals surface area contributed by atoms with E-state index in [0.717, 1.165) is 34.0 Å². The summed E-state index contributed by atoms with van der Waals surface area (Å²) in [5.74, 6) is 0.762. The molecule has 2 heterocycles. The maximum absolute atomic E-state index is 12.0. The van der Waals surface area contributed by atoms with Crippen LogP contribution in [0.25, 0.3) is 0 Å². The van der Waals surface area contributed by atoms with E-state index < -0.39 is 0 Å². The number of nitrogens with one attached hydrogen (secondary N) is 1. The van der Waals surface area contributed by atoms with Crippen molar-refractivity contribution in [3.05, 3.63) is 46.3 Å². The van der Waals surface area contributed by atoms with Gasteiger partial charge in [0.05, 0.1) is 12.8 Å². The first-order valence-electron chi connectivity index (χ1n) is 8.83. The third-order valence-corrected chi connectivity index (χ3v) is 5.42. The number of benzene rings is 1. The lowest BCUT2D eigenvalue weighted by atomic mass is 10.0. The highest BCUT2D eigenvalue weighted by molar-refractivity contribution is 7.16. The van der Waals surface area contributed by atoms with Crippen LogP contribution in [0.5, 0.6) is 5.75 Å². The minimum atomic E-state index is -0.0517. The van der Waals surface area contributed by atoms with Gasteiger partial charge in [0, 0.05) is 16.0 Å². The van der Waals surface area contributed by atoms with Gasteiger partial charge >= 0.3 is 0 Å². The zero-order valence-electron chi connectivity index (χ0n) is 14.8. The van der Waals surface area contributed by atoms with Crippen molar-refractivity contribution < 1.29 is 9.53 Å². The van der Waals surface area contributed by atoms with E-state index in [4.69, 9.17) is 4.74 Å². The van der Waals surface area contributed by atoms with Crippen LogP contribution in [-0.4, -0.2) is 25.3 Å². The molecule has 132 valence electrons. The highest BCUT2D eigenvalue weighted by atomic mass is 32.1. The summed E-state index contributed by atoms with van der Waals surface area (Å²) in [4.78, 5) is 17.9. The van der Waals surface area contributed by atoms with Gasteiger partial charge in [-0.1, -0.05) is 26.2 Å². The Bertz CT molecular complexity index is 763. The summed E-state index contributed by atoms with van der Waals surface area (Å²) in [5, 5.41) is 3.93. The van der Waals surface area contributed by atoms with Crippen LogP contribution in [0.2, 0.25) is 0 Å². The van der Waals surface area contributed by atoms with E-state index in [-0.39, 0.29) is 12.5 Å². The number of rotatable bonds is 7. The number of aliphatic imine (C=N–C) groups is 1. The maximum Gasteiger partial charge on any atom is 0.246 e. The normalized spacial score (nSPS) is 13.7. The molecule has 0 spiro atoms. The fourth-order valence-electron chi connectivity index (χ4n) is 2.96. The van der Waals surface area contributed by atoms with Gasteiger partial charge in [-0.25, -0.2) is 0 Å². The number of aryl methyl sites for hydroxylation is 1. The number of thiophene rings is 1. The van der Waals surface area contributed by atoms with Crippen molar-refractivity contribution in [2.24, 2.45) is 4.99 Å². The molecule has 5 heteroatoms. The highest BCUT2D eigenvalue weighted by Crippen LogP contribution is 2.33. The average Bonchev–Trinajstić information content (AvgIpc) is 2.95. The van der Waals surface area contributed by atoms with Crippen LogP contribution >= 0.6 is 11.3 Å². The number of fused-ring (bicyclic) bond motifs is 1. The molecule has 0 aliphatic carbocycles. The lowest BCUT2D eigenvalue weighted by Crippen LogP contribution is -2.12. The van der Waals surface area contributed by atoms with Crippen molar-refractivity contribution in [3.63, 3.8) is 0 Å². The number of carbonyl (C=O) groups is 1. The van der Waals surface area contributed by atoms with Gasteiger partial charge in [-0.2, -0.15) is 0 Å². The fourth-order valence-corrected chi connectivity index (χ4v) is 4.07. The van der Waals surface area contributed by atoms with Crippen molar-refractivity contribution in [3.8, 4) is 5.75 Å². The highest BCUT2D eigenvalue weighted by Gasteiger charge is 2.21. The molecule has 1 aliphatic heterocycles. The van der Waals surface area contributed by atoms with Crippen LogP contribution in [0.3, 0.4) is 0 Å². The number of nitrogens with zero attached hydrogens (tertiary/aromatic N) is 1. The summed E-state index contributed by atoms with van der Waals surface area (Å²) >= 11 is 1.68. The summed E-state index contributed by atoms with van der Waals surface area (Å²) < 4.78 is 5.23. The minimum Gasteiger partial charge on any atom is -0.497 e. The number of hydrogen-bond acceptors (Lipinski definition) is 4. The Hall–Kier alpha value is -2.14. The Morgan fingerprint density at radius 1 is 1.20 bits per heavy atom. The van der Waals surface area contributed by atoms with Crippen molar-refractivity contribution in [1.82, 2.24) is 0 Å². The number of hydrogen-bond donors (Lipinski definition) is 1. The summed E-state index contributed by atoms with van der Waals surface area (Å²) in [7, 11) is 1.66. The standard InChI is InChI=1S/C20H24N2O2S/c1-3-4-5-6-7-16-12-17-19(14-8-10-15(24-2)11-9-14)21-13-18(23)22-20(17)25-16/h8-12H,3-7,13H2,1-2H3,(H,22,23). The van der Waals surface area contributed by atoms with Gasteiger partial charge in [-0.15, -0.1) is 11.3 Å². The van der Waals surface area contributed by atoms with Gasteiger partial charge in [0.15, 0.2) is 0 Å². The van der Waals surface area contributed by atoms with E-state index in [1.807, 2.05) is 24.3 Å². The predicted molar refractivity (Wildman–Crippen MR) is 104 cm³/mol. The molecule has 1 aliphatic rings. The quantitative estimate of drug-likeness (QED) is 0.733. The number of amides is 1. The molecule has 3 rings (SSSR count). The number of unbranched alkanes of at least 4 members (excludes halogenated alkanes) is 3. The lowest BCUT2D eigenvalue weighted by molar-refractivity contribution is -0.114. The molecule has 0 saturated carbocycles. The molecule has 1 aromatic heterocycles. The van der Waals surface area contributed by atoms with Crippen LogP contribution in [0, 0.1) is 0 Å². The number of ether oxygens (including phenoxy) is 1. The largest absolute Gasteiger partial charge is 0.497 e. The van der Waals surface area contributed by atoms with E-state index >= 15 is 0 Å². The van der Waals surface area contributed by atoms with Gasteiger partial charge in [0.1, 0.15) is 17.3 Å². The Morgan fingerprint density at radius 3 is 2.72 bits per heavy atom. The first kappa shape index (κ1) is 17.7. The molecule has 2 aromatic rings. The number of anilines is 1. The second-order valence-electron chi connectivity index (χ2n) is 6.21. The maximum atomic E-state index is 12.0. The molecular formula is C20H24N2O2S. The third-order valence-electron chi connectivity index (χ3n) is 4.31. The molecule has 1 aromatic carbocycles. The molecule has 4 nitrogen and oxygen atoms in total. The van der Waals surface area contributed by atoms with E-state index in [9.17, 15) is 4.79 Å². The Balaban J connectivity index is 1.87. The molecule has 0 saturated heterocycles. The summed E-state index contributed by atoms with van der Waals surface area (Å²) in [6.45, 7) is 2.38. The van der Waals surface area contributed by atoms with Crippen molar-refractivity contribution in [2.75, 3.05) is 19.0 Å². The average molecular weight is 356 g/mol. The SMILES string of the molecule is CCCCCCc1cc2c(s1)NC(=O)CN=C2c1ccc(OC)cc1. The van der Waals surface area contributed by atoms with E-state index in [1.54, 1.807) is 18.4 Å². The Labute approximate surface area is 152 Å². The van der Waals surface area contributed by atoms with Crippen molar-refractivity contribution in [1.29, 1.82) is 0 Å². The Kier molecular flexibility index (Phi) is 5.87. The molecule has 0 unspecified atom stereocenters. The van der Waals surface area contributed by atoms with Crippen LogP contribution in [0.1, 0.15) is 48.6 Å². The van der Waals surface area contributed by atoms with Crippen molar-refractivity contribution in [2.45, 2.75) is 39.0 Å². The van der Waals surface area contributed by atoms with E-state index in [0.29, 0.717) is 0 Å². The van der Waals surface area contributed by atoms with Gasteiger partial charge in [-0.3, -0.25) is 9.79 Å². The van der Waals surface area contributed by atoms with Crippen LogP contribution < -0.4 is 10.1 Å². The van der Waals surface area contributed by atoms with Crippen molar-refractivity contribution >= 4 is 28.0 Å². The number of methoxy groups -OCH3 is 1. The van der Waals surface area contributed by atoms with Gasteiger partial charge in [0.25, 0.3) is 0 Å². The van der Waals surface area contributed by atoms with Crippen LogP contribution in [0.15, 0.2) is 35.3 Å². The molecular weight excluding hydrogens is 332 g/mol. The molecule has 0 radical (unpaired) electrons. The summed E-state index contributed by atoms with van der Waals surface area (Å²) in [6.07, 6.45) is 6.02. The monoisotopic (exact) mass is 356 g/mol. The van der Waals surface area contributed by atoms with Gasteiger partial charge < -0.3 is 10.1 Å². The molecule has 1 N–H and O–H groups in total. The zero-order valence-corrected chi connectivity index (χ0v) is 15.6.